The number of rotatable bonds is 3. The molecule has 0 aliphatic carbocycles. The highest BCUT2D eigenvalue weighted by Crippen LogP contribution is 2.40. The summed E-state index contributed by atoms with van der Waals surface area (Å²) >= 11 is 1.70. The molecule has 2 aromatic heterocycles. The maximum absolute atomic E-state index is 7.89. The average Bonchev–Trinajstić information content (AvgIpc) is 3.30. The number of aryl methyl sites for hydroxylation is 1. The van der Waals surface area contributed by atoms with Crippen LogP contribution in [-0.2, 0) is 13.0 Å². The molecular formula is C24H24N4S. The van der Waals surface area contributed by atoms with Crippen LogP contribution in [0, 0.1) is 12.3 Å². The second-order valence-electron chi connectivity index (χ2n) is 7.89. The Morgan fingerprint density at radius 2 is 2.00 bits per heavy atom. The molecule has 0 atom stereocenters. The number of nitrogens with one attached hydrogen (secondary N) is 1. The van der Waals surface area contributed by atoms with Crippen molar-refractivity contribution in [1.82, 2.24) is 9.47 Å². The number of aromatic nitrogens is 1. The molecule has 4 aromatic rings. The highest BCUT2D eigenvalue weighted by molar-refractivity contribution is 7.08. The summed E-state index contributed by atoms with van der Waals surface area (Å²) in [6.45, 7) is 4.20. The summed E-state index contributed by atoms with van der Waals surface area (Å²) < 4.78 is 2.44. The van der Waals surface area contributed by atoms with E-state index in [4.69, 9.17) is 11.1 Å². The number of thiophene rings is 1. The van der Waals surface area contributed by atoms with Gasteiger partial charge in [0.1, 0.15) is 0 Å². The van der Waals surface area contributed by atoms with Crippen molar-refractivity contribution < 1.29 is 0 Å². The van der Waals surface area contributed by atoms with Crippen molar-refractivity contribution in [3.8, 4) is 16.8 Å². The van der Waals surface area contributed by atoms with Gasteiger partial charge in [-0.25, -0.2) is 0 Å². The fourth-order valence-corrected chi connectivity index (χ4v) is 5.34. The van der Waals surface area contributed by atoms with E-state index in [2.05, 4.69) is 58.5 Å². The van der Waals surface area contributed by atoms with Crippen molar-refractivity contribution in [2.24, 2.45) is 0 Å². The Kier molecular flexibility index (Phi) is 4.30. The summed E-state index contributed by atoms with van der Waals surface area (Å²) in [7, 11) is 2.20. The molecule has 4 nitrogen and oxygen atoms in total. The molecule has 0 saturated carbocycles. The van der Waals surface area contributed by atoms with Gasteiger partial charge >= 0.3 is 0 Å². The number of hydrogen-bond donors (Lipinski definition) is 2. The van der Waals surface area contributed by atoms with Crippen molar-refractivity contribution >= 4 is 34.1 Å². The first-order chi connectivity index (χ1) is 14.1. The Labute approximate surface area is 174 Å². The van der Waals surface area contributed by atoms with Crippen LogP contribution in [0.2, 0.25) is 0 Å². The lowest BCUT2D eigenvalue weighted by atomic mass is 10.00. The first-order valence-electron chi connectivity index (χ1n) is 9.85. The monoisotopic (exact) mass is 400 g/mol. The fraction of sp³-hybridized carbons (Fsp3) is 0.208. The number of benzene rings is 2. The zero-order chi connectivity index (χ0) is 20.1. The highest BCUT2D eigenvalue weighted by Gasteiger charge is 2.25. The number of nitrogens with zero attached hydrogens (tertiary/aromatic N) is 2. The molecule has 2 aromatic carbocycles. The third kappa shape index (κ3) is 2.81. The summed E-state index contributed by atoms with van der Waals surface area (Å²) in [5.74, 6) is 0. The average molecular weight is 401 g/mol. The lowest BCUT2D eigenvalue weighted by molar-refractivity contribution is 0.311. The maximum atomic E-state index is 7.89. The van der Waals surface area contributed by atoms with Crippen molar-refractivity contribution in [2.45, 2.75) is 19.9 Å². The van der Waals surface area contributed by atoms with E-state index in [1.165, 1.54) is 39.6 Å². The van der Waals surface area contributed by atoms with Crippen LogP contribution in [0.4, 0.5) is 5.69 Å². The predicted molar refractivity (Wildman–Crippen MR) is 124 cm³/mol. The Bertz CT molecular complexity index is 1250. The largest absolute Gasteiger partial charge is 0.398 e. The van der Waals surface area contributed by atoms with Crippen LogP contribution in [0.25, 0.3) is 27.7 Å². The zero-order valence-corrected chi connectivity index (χ0v) is 17.5. The number of hydrogen-bond acceptors (Lipinski definition) is 4. The van der Waals surface area contributed by atoms with Gasteiger partial charge in [0.05, 0.1) is 11.2 Å². The lowest BCUT2D eigenvalue weighted by Gasteiger charge is -2.24. The molecule has 1 aliphatic rings. The molecule has 29 heavy (non-hydrogen) atoms. The second-order valence-corrected chi connectivity index (χ2v) is 8.64. The van der Waals surface area contributed by atoms with Crippen LogP contribution < -0.4 is 5.73 Å². The normalized spacial score (nSPS) is 14.3. The highest BCUT2D eigenvalue weighted by atomic mass is 32.1. The summed E-state index contributed by atoms with van der Waals surface area (Å²) in [6.07, 6.45) is 2.40. The first-order valence-corrected chi connectivity index (χ1v) is 10.8. The minimum Gasteiger partial charge on any atom is -0.398 e. The van der Waals surface area contributed by atoms with Gasteiger partial charge in [-0.1, -0.05) is 23.8 Å². The van der Waals surface area contributed by atoms with Crippen molar-refractivity contribution in [3.05, 3.63) is 69.5 Å². The van der Waals surface area contributed by atoms with Gasteiger partial charge in [0.25, 0.3) is 0 Å². The van der Waals surface area contributed by atoms with Gasteiger partial charge in [-0.05, 0) is 43.3 Å². The van der Waals surface area contributed by atoms with Crippen LogP contribution >= 0.6 is 11.3 Å². The van der Waals surface area contributed by atoms with Gasteiger partial charge in [0.2, 0.25) is 0 Å². The quantitative estimate of drug-likeness (QED) is 0.365. The Hall–Kier alpha value is -2.89. The van der Waals surface area contributed by atoms with E-state index in [0.29, 0.717) is 5.69 Å². The lowest BCUT2D eigenvalue weighted by Crippen LogP contribution is -2.27. The first kappa shape index (κ1) is 18.2. The molecule has 0 spiro atoms. The molecule has 0 radical (unpaired) electrons. The third-order valence-electron chi connectivity index (χ3n) is 5.95. The summed E-state index contributed by atoms with van der Waals surface area (Å²) in [6, 6.07) is 12.7. The number of nitrogens with two attached hydrogens (primary N) is 1. The van der Waals surface area contributed by atoms with E-state index in [1.54, 1.807) is 11.3 Å². The van der Waals surface area contributed by atoms with Crippen LogP contribution in [0.3, 0.4) is 0 Å². The molecule has 0 amide bonds. The topological polar surface area (TPSA) is 58.0 Å². The minimum absolute atomic E-state index is 0.645. The van der Waals surface area contributed by atoms with Crippen molar-refractivity contribution in [2.75, 3.05) is 19.3 Å². The van der Waals surface area contributed by atoms with E-state index in [-0.39, 0.29) is 0 Å². The molecule has 5 heteroatoms. The smallest absolute Gasteiger partial charge is 0.0644 e. The van der Waals surface area contributed by atoms with E-state index >= 15 is 0 Å². The van der Waals surface area contributed by atoms with Crippen molar-refractivity contribution in [1.29, 1.82) is 5.41 Å². The number of anilines is 1. The van der Waals surface area contributed by atoms with Gasteiger partial charge in [-0.3, -0.25) is 0 Å². The maximum Gasteiger partial charge on any atom is 0.0644 e. The number of likely N-dealkylation sites (N-methyl/N-ethyl adjacent to an activating group) is 1. The Morgan fingerprint density at radius 3 is 2.83 bits per heavy atom. The van der Waals surface area contributed by atoms with Crippen LogP contribution in [-0.4, -0.2) is 29.3 Å². The van der Waals surface area contributed by atoms with E-state index in [0.717, 1.165) is 36.2 Å². The molecular weight excluding hydrogens is 376 g/mol. The molecule has 0 fully saturated rings. The standard InChI is InChI=1S/C24H24N4S/c1-15-6-7-22-17(10-15)19-12-27(2)9-8-23(19)28(22)24-14-29-13-20(24)16-4-3-5-21(26)18(16)11-25/h3-7,10-11,13-14,25H,8-9,12,26H2,1-2H3. The summed E-state index contributed by atoms with van der Waals surface area (Å²) in [5, 5.41) is 13.6. The molecule has 0 saturated heterocycles. The minimum atomic E-state index is 0.645. The Morgan fingerprint density at radius 1 is 1.14 bits per heavy atom. The van der Waals surface area contributed by atoms with Crippen LogP contribution in [0.15, 0.2) is 47.2 Å². The van der Waals surface area contributed by atoms with E-state index in [1.807, 2.05) is 12.1 Å². The molecule has 0 unspecified atom stereocenters. The number of nitrogen functional groups attached to an aromatic ring is 1. The van der Waals surface area contributed by atoms with E-state index in [9.17, 15) is 0 Å². The van der Waals surface area contributed by atoms with Crippen molar-refractivity contribution in [3.63, 3.8) is 0 Å². The molecule has 0 bridgehead atoms. The molecule has 3 N–H and O–H groups in total. The molecule has 3 heterocycles. The summed E-state index contributed by atoms with van der Waals surface area (Å²) in [5.41, 5.74) is 16.3. The second kappa shape index (κ2) is 6.87. The Balaban J connectivity index is 1.81. The molecule has 146 valence electrons. The van der Waals surface area contributed by atoms with E-state index < -0.39 is 0 Å². The fourth-order valence-electron chi connectivity index (χ4n) is 4.53. The third-order valence-corrected chi connectivity index (χ3v) is 6.68. The van der Waals surface area contributed by atoms with Gasteiger partial charge in [-0.15, -0.1) is 11.3 Å². The number of fused-ring (bicyclic) bond motifs is 3. The van der Waals surface area contributed by atoms with Gasteiger partial charge in [-0.2, -0.15) is 0 Å². The predicted octanol–water partition coefficient (Wildman–Crippen LogP) is 5.24. The summed E-state index contributed by atoms with van der Waals surface area (Å²) in [4.78, 5) is 2.40. The zero-order valence-electron chi connectivity index (χ0n) is 16.7. The van der Waals surface area contributed by atoms with Gasteiger partial charge in [0.15, 0.2) is 0 Å². The molecule has 1 aliphatic heterocycles. The van der Waals surface area contributed by atoms with Gasteiger partial charge in [0, 0.05) is 64.4 Å². The molecule has 5 rings (SSSR count). The van der Waals surface area contributed by atoms with Crippen LogP contribution in [0.5, 0.6) is 0 Å². The SMILES string of the molecule is Cc1ccc2c(c1)c1c(n2-c2cscc2-c2cccc(N)c2C=N)CCN(C)C1. The van der Waals surface area contributed by atoms with Gasteiger partial charge < -0.3 is 20.6 Å². The van der Waals surface area contributed by atoms with Crippen LogP contribution in [0.1, 0.15) is 22.4 Å².